The molecule has 126 valence electrons. The monoisotopic (exact) mass is 320 g/mol. The predicted molar refractivity (Wildman–Crippen MR) is 90.5 cm³/mol. The second kappa shape index (κ2) is 7.76. The number of benzene rings is 1. The molecule has 0 heterocycles. The number of ether oxygens (including phenoxy) is 1. The van der Waals surface area contributed by atoms with Gasteiger partial charge in [-0.25, -0.2) is 4.79 Å². The molecule has 0 aromatic heterocycles. The van der Waals surface area contributed by atoms with Crippen molar-refractivity contribution in [1.29, 1.82) is 0 Å². The number of nitrogens with zero attached hydrogens (tertiary/aromatic N) is 1. The fraction of sp³-hybridized carbons (Fsp3) is 0.471. The van der Waals surface area contributed by atoms with Gasteiger partial charge in [-0.05, 0) is 52.2 Å². The highest BCUT2D eigenvalue weighted by Gasteiger charge is 2.16. The summed E-state index contributed by atoms with van der Waals surface area (Å²) in [5.74, 6) is 0. The van der Waals surface area contributed by atoms with Gasteiger partial charge in [-0.1, -0.05) is 18.2 Å². The van der Waals surface area contributed by atoms with E-state index >= 15 is 0 Å². The molecule has 0 saturated carbocycles. The van der Waals surface area contributed by atoms with Crippen LogP contribution in [-0.2, 0) is 4.74 Å². The third kappa shape index (κ3) is 6.50. The van der Waals surface area contributed by atoms with Crippen LogP contribution < -0.4 is 5.32 Å². The highest BCUT2D eigenvalue weighted by atomic mass is 16.6. The fourth-order valence-corrected chi connectivity index (χ4v) is 2.10. The number of nitro groups is 1. The Morgan fingerprint density at radius 1 is 1.35 bits per heavy atom. The van der Waals surface area contributed by atoms with Crippen molar-refractivity contribution in [3.63, 3.8) is 0 Å². The average Bonchev–Trinajstić information content (AvgIpc) is 2.37. The number of nitro benzene ring substituents is 1. The van der Waals surface area contributed by atoms with E-state index in [4.69, 9.17) is 4.74 Å². The van der Waals surface area contributed by atoms with Crippen LogP contribution in [-0.4, -0.2) is 23.2 Å². The quantitative estimate of drug-likeness (QED) is 0.502. The zero-order valence-electron chi connectivity index (χ0n) is 14.3. The molecule has 0 saturated heterocycles. The van der Waals surface area contributed by atoms with Crippen LogP contribution in [0.1, 0.15) is 43.9 Å². The Kier molecular flexibility index (Phi) is 6.30. The summed E-state index contributed by atoms with van der Waals surface area (Å²) in [7, 11) is 0. The highest BCUT2D eigenvalue weighted by Crippen LogP contribution is 2.25. The lowest BCUT2D eigenvalue weighted by Crippen LogP contribution is -2.32. The van der Waals surface area contributed by atoms with Gasteiger partial charge in [-0.3, -0.25) is 10.1 Å². The number of rotatable bonds is 5. The molecule has 1 aromatic carbocycles. The lowest BCUT2D eigenvalue weighted by molar-refractivity contribution is -0.385. The first-order valence-corrected chi connectivity index (χ1v) is 7.49. The molecule has 0 fully saturated rings. The predicted octanol–water partition coefficient (Wildman–Crippen LogP) is 4.14. The van der Waals surface area contributed by atoms with E-state index < -0.39 is 11.7 Å². The van der Waals surface area contributed by atoms with Gasteiger partial charge in [-0.2, -0.15) is 0 Å². The second-order valence-electron chi connectivity index (χ2n) is 6.39. The summed E-state index contributed by atoms with van der Waals surface area (Å²) < 4.78 is 5.12. The Labute approximate surface area is 136 Å². The summed E-state index contributed by atoms with van der Waals surface area (Å²) in [6, 6.07) is 3.47. The number of hydrogen-bond acceptors (Lipinski definition) is 4. The summed E-state index contributed by atoms with van der Waals surface area (Å²) in [6.07, 6.45) is 3.62. The molecule has 1 amide bonds. The van der Waals surface area contributed by atoms with E-state index in [1.54, 1.807) is 32.9 Å². The minimum absolute atomic E-state index is 0.0962. The van der Waals surface area contributed by atoms with E-state index in [1.165, 1.54) is 0 Å². The normalized spacial score (nSPS) is 11.5. The van der Waals surface area contributed by atoms with Gasteiger partial charge in [0.05, 0.1) is 10.5 Å². The second-order valence-corrected chi connectivity index (χ2v) is 6.39. The fourth-order valence-electron chi connectivity index (χ4n) is 2.10. The van der Waals surface area contributed by atoms with Gasteiger partial charge in [0, 0.05) is 12.6 Å². The first-order valence-electron chi connectivity index (χ1n) is 7.49. The number of amides is 1. The van der Waals surface area contributed by atoms with E-state index in [1.807, 2.05) is 26.0 Å². The zero-order valence-corrected chi connectivity index (χ0v) is 14.3. The zero-order chi connectivity index (χ0) is 17.6. The van der Waals surface area contributed by atoms with Gasteiger partial charge in [0.1, 0.15) is 5.60 Å². The minimum atomic E-state index is -0.528. The van der Waals surface area contributed by atoms with Crippen LogP contribution in [0.2, 0.25) is 0 Å². The molecule has 0 atom stereocenters. The number of aryl methyl sites for hydroxylation is 2. The van der Waals surface area contributed by atoms with Crippen LogP contribution in [0.15, 0.2) is 18.2 Å². The van der Waals surface area contributed by atoms with E-state index in [-0.39, 0.29) is 10.6 Å². The summed E-state index contributed by atoms with van der Waals surface area (Å²) >= 11 is 0. The maximum Gasteiger partial charge on any atom is 0.407 e. The highest BCUT2D eigenvalue weighted by molar-refractivity contribution is 5.68. The topological polar surface area (TPSA) is 81.5 Å². The minimum Gasteiger partial charge on any atom is -0.444 e. The molecule has 1 aromatic rings. The summed E-state index contributed by atoms with van der Waals surface area (Å²) in [5, 5.41) is 13.8. The Hall–Kier alpha value is -2.37. The number of carbonyl (C=O) groups excluding carboxylic acids is 1. The molecule has 0 radical (unpaired) electrons. The standard InChI is InChI=1S/C17H24N2O4/c1-12-10-13(2)14(15(11-12)19(21)22)8-6-7-9-18-16(20)23-17(3,4)5/h6,8,10-11H,7,9H2,1-5H3,(H,18,20). The number of nitrogens with one attached hydrogen (secondary N) is 1. The summed E-state index contributed by atoms with van der Waals surface area (Å²) in [4.78, 5) is 22.2. The van der Waals surface area contributed by atoms with Crippen molar-refractivity contribution in [2.24, 2.45) is 0 Å². The van der Waals surface area contributed by atoms with Crippen molar-refractivity contribution in [3.8, 4) is 0 Å². The number of hydrogen-bond donors (Lipinski definition) is 1. The SMILES string of the molecule is Cc1cc(C)c(C=CCCNC(=O)OC(C)(C)C)c([N+](=O)[O-])c1. The molecule has 6 heteroatoms. The molecule has 0 unspecified atom stereocenters. The van der Waals surface area contributed by atoms with E-state index in [0.29, 0.717) is 18.5 Å². The van der Waals surface area contributed by atoms with Gasteiger partial charge in [0.15, 0.2) is 0 Å². The molecule has 0 aliphatic rings. The Bertz CT molecular complexity index is 616. The van der Waals surface area contributed by atoms with Gasteiger partial charge in [0.2, 0.25) is 0 Å². The van der Waals surface area contributed by atoms with Crippen molar-refractivity contribution in [1.82, 2.24) is 5.32 Å². The van der Waals surface area contributed by atoms with Crippen molar-refractivity contribution in [3.05, 3.63) is 45.0 Å². The maximum atomic E-state index is 11.5. The van der Waals surface area contributed by atoms with Crippen LogP contribution in [0.3, 0.4) is 0 Å². The molecule has 6 nitrogen and oxygen atoms in total. The van der Waals surface area contributed by atoms with E-state index in [9.17, 15) is 14.9 Å². The summed E-state index contributed by atoms with van der Waals surface area (Å²) in [6.45, 7) is 9.48. The Morgan fingerprint density at radius 2 is 2.00 bits per heavy atom. The van der Waals surface area contributed by atoms with E-state index in [2.05, 4.69) is 5.32 Å². The van der Waals surface area contributed by atoms with Gasteiger partial charge < -0.3 is 10.1 Å². The molecule has 0 aliphatic heterocycles. The van der Waals surface area contributed by atoms with Crippen LogP contribution in [0.25, 0.3) is 6.08 Å². The van der Waals surface area contributed by atoms with Crippen molar-refractivity contribution in [2.45, 2.75) is 46.6 Å². The molecule has 1 N–H and O–H groups in total. The maximum absolute atomic E-state index is 11.5. The van der Waals surface area contributed by atoms with Crippen LogP contribution >= 0.6 is 0 Å². The molecular weight excluding hydrogens is 296 g/mol. The molecule has 23 heavy (non-hydrogen) atoms. The largest absolute Gasteiger partial charge is 0.444 e. The molecule has 0 aliphatic carbocycles. The molecular formula is C17H24N2O4. The lowest BCUT2D eigenvalue weighted by Gasteiger charge is -2.19. The van der Waals surface area contributed by atoms with Crippen LogP contribution in [0, 0.1) is 24.0 Å². The van der Waals surface area contributed by atoms with Crippen molar-refractivity contribution in [2.75, 3.05) is 6.54 Å². The van der Waals surface area contributed by atoms with Gasteiger partial charge in [-0.15, -0.1) is 0 Å². The van der Waals surface area contributed by atoms with E-state index in [0.717, 1.165) is 11.1 Å². The van der Waals surface area contributed by atoms with Crippen molar-refractivity contribution >= 4 is 17.9 Å². The summed E-state index contributed by atoms with van der Waals surface area (Å²) in [5.41, 5.74) is 1.88. The first kappa shape index (κ1) is 18.7. The molecule has 1 rings (SSSR count). The number of carbonyl (C=O) groups is 1. The Morgan fingerprint density at radius 3 is 2.57 bits per heavy atom. The molecule has 0 bridgehead atoms. The van der Waals surface area contributed by atoms with Gasteiger partial charge >= 0.3 is 6.09 Å². The van der Waals surface area contributed by atoms with Crippen molar-refractivity contribution < 1.29 is 14.5 Å². The Balaban J connectivity index is 2.63. The third-order valence-corrected chi connectivity index (χ3v) is 2.97. The lowest BCUT2D eigenvalue weighted by atomic mass is 10.0. The average molecular weight is 320 g/mol. The first-order chi connectivity index (χ1) is 10.6. The smallest absolute Gasteiger partial charge is 0.407 e. The van der Waals surface area contributed by atoms with Crippen LogP contribution in [0.4, 0.5) is 10.5 Å². The molecule has 0 spiro atoms. The van der Waals surface area contributed by atoms with Crippen LogP contribution in [0.5, 0.6) is 0 Å². The third-order valence-electron chi connectivity index (χ3n) is 2.97. The van der Waals surface area contributed by atoms with Gasteiger partial charge in [0.25, 0.3) is 5.69 Å². The number of alkyl carbamates (subject to hydrolysis) is 1.